The van der Waals surface area contributed by atoms with Gasteiger partial charge in [0.1, 0.15) is 0 Å². The van der Waals surface area contributed by atoms with Crippen LogP contribution in [0.3, 0.4) is 0 Å². The Morgan fingerprint density at radius 3 is 2.52 bits per heavy atom. The molecule has 0 spiro atoms. The lowest BCUT2D eigenvalue weighted by Crippen LogP contribution is -2.41. The molecule has 1 aliphatic rings. The number of hydrogen-bond acceptors (Lipinski definition) is 5. The smallest absolute Gasteiger partial charge is 0.240 e. The topological polar surface area (TPSA) is 87.7 Å². The Morgan fingerprint density at radius 2 is 1.83 bits per heavy atom. The van der Waals surface area contributed by atoms with Crippen LogP contribution in [0.1, 0.15) is 6.42 Å². The van der Waals surface area contributed by atoms with Crippen molar-refractivity contribution in [2.75, 3.05) is 45.9 Å². The van der Waals surface area contributed by atoms with E-state index in [1.54, 1.807) is 18.2 Å². The minimum Gasteiger partial charge on any atom is -0.379 e. The predicted octanol–water partition coefficient (Wildman–Crippen LogP) is -0.197. The number of nitrogens with one attached hydrogen (secondary N) is 2. The Hall–Kier alpha value is -1.48. The van der Waals surface area contributed by atoms with Gasteiger partial charge in [0.15, 0.2) is 0 Å². The number of morpholine rings is 1. The molecule has 0 aromatic heterocycles. The van der Waals surface area contributed by atoms with E-state index in [9.17, 15) is 13.2 Å². The van der Waals surface area contributed by atoms with Crippen molar-refractivity contribution in [3.63, 3.8) is 0 Å². The molecule has 0 unspecified atom stereocenters. The summed E-state index contributed by atoms with van der Waals surface area (Å²) in [6.45, 7) is 4.65. The number of nitrogens with zero attached hydrogens (tertiary/aromatic N) is 1. The summed E-state index contributed by atoms with van der Waals surface area (Å²) in [5.74, 6) is -0.158. The fraction of sp³-hybridized carbons (Fsp3) is 0.533. The first-order chi connectivity index (χ1) is 11.1. The van der Waals surface area contributed by atoms with Crippen LogP contribution in [0.4, 0.5) is 0 Å². The Morgan fingerprint density at radius 1 is 1.13 bits per heavy atom. The number of ether oxygens (including phenoxy) is 1. The molecule has 0 saturated carbocycles. The van der Waals surface area contributed by atoms with Crippen LogP contribution in [0.15, 0.2) is 35.2 Å². The average molecular weight is 341 g/mol. The summed E-state index contributed by atoms with van der Waals surface area (Å²) in [5.41, 5.74) is 0. The molecule has 1 aromatic rings. The van der Waals surface area contributed by atoms with E-state index in [-0.39, 0.29) is 23.8 Å². The van der Waals surface area contributed by atoms with E-state index >= 15 is 0 Å². The van der Waals surface area contributed by atoms with Crippen molar-refractivity contribution in [3.05, 3.63) is 30.3 Å². The SMILES string of the molecule is O=C(CCNS(=O)(=O)c1ccccc1)NCCN1CCOCC1. The Kier molecular flexibility index (Phi) is 6.97. The van der Waals surface area contributed by atoms with Crippen molar-refractivity contribution in [1.82, 2.24) is 14.9 Å². The minimum atomic E-state index is -3.55. The van der Waals surface area contributed by atoms with E-state index in [2.05, 4.69) is 14.9 Å². The van der Waals surface area contributed by atoms with Crippen molar-refractivity contribution >= 4 is 15.9 Å². The average Bonchev–Trinajstić information content (AvgIpc) is 2.56. The maximum atomic E-state index is 12.0. The highest BCUT2D eigenvalue weighted by Crippen LogP contribution is 2.06. The van der Waals surface area contributed by atoms with Crippen molar-refractivity contribution in [1.29, 1.82) is 0 Å². The monoisotopic (exact) mass is 341 g/mol. The second kappa shape index (κ2) is 8.97. The number of benzene rings is 1. The van der Waals surface area contributed by atoms with Crippen LogP contribution in [0.5, 0.6) is 0 Å². The third-order valence-corrected chi connectivity index (χ3v) is 5.03. The molecule has 1 heterocycles. The summed E-state index contributed by atoms with van der Waals surface area (Å²) in [4.78, 5) is 14.1. The van der Waals surface area contributed by atoms with Crippen LogP contribution < -0.4 is 10.0 Å². The van der Waals surface area contributed by atoms with E-state index in [0.717, 1.165) is 32.8 Å². The molecule has 8 heteroatoms. The summed E-state index contributed by atoms with van der Waals surface area (Å²) in [6, 6.07) is 8.11. The number of rotatable bonds is 8. The zero-order chi connectivity index (χ0) is 16.5. The van der Waals surface area contributed by atoms with Gasteiger partial charge in [-0.1, -0.05) is 18.2 Å². The predicted molar refractivity (Wildman–Crippen MR) is 86.5 cm³/mol. The van der Waals surface area contributed by atoms with Gasteiger partial charge in [0, 0.05) is 39.1 Å². The highest BCUT2D eigenvalue weighted by Gasteiger charge is 2.14. The van der Waals surface area contributed by atoms with E-state index < -0.39 is 10.0 Å². The van der Waals surface area contributed by atoms with Crippen molar-refractivity contribution in [2.24, 2.45) is 0 Å². The van der Waals surface area contributed by atoms with Crippen LogP contribution in [-0.4, -0.2) is 65.2 Å². The lowest BCUT2D eigenvalue weighted by molar-refractivity contribution is -0.121. The first-order valence-electron chi connectivity index (χ1n) is 7.69. The van der Waals surface area contributed by atoms with Gasteiger partial charge >= 0.3 is 0 Å². The van der Waals surface area contributed by atoms with E-state index in [4.69, 9.17) is 4.74 Å². The third-order valence-electron chi connectivity index (χ3n) is 3.55. The minimum absolute atomic E-state index is 0.0839. The van der Waals surface area contributed by atoms with Gasteiger partial charge in [0.05, 0.1) is 18.1 Å². The molecule has 1 amide bonds. The van der Waals surface area contributed by atoms with Crippen LogP contribution >= 0.6 is 0 Å². The number of hydrogen-bond donors (Lipinski definition) is 2. The van der Waals surface area contributed by atoms with Crippen molar-refractivity contribution in [3.8, 4) is 0 Å². The fourth-order valence-electron chi connectivity index (χ4n) is 2.25. The summed E-state index contributed by atoms with van der Waals surface area (Å²) in [5, 5.41) is 2.80. The molecule has 1 saturated heterocycles. The molecule has 0 atom stereocenters. The lowest BCUT2D eigenvalue weighted by Gasteiger charge is -2.26. The molecule has 1 aromatic carbocycles. The van der Waals surface area contributed by atoms with E-state index in [1.807, 2.05) is 0 Å². The molecular formula is C15H23N3O4S. The molecule has 7 nitrogen and oxygen atoms in total. The largest absolute Gasteiger partial charge is 0.379 e. The van der Waals surface area contributed by atoms with Crippen molar-refractivity contribution in [2.45, 2.75) is 11.3 Å². The molecule has 23 heavy (non-hydrogen) atoms. The normalized spacial score (nSPS) is 16.2. The lowest BCUT2D eigenvalue weighted by atomic mass is 10.4. The molecule has 0 bridgehead atoms. The fourth-order valence-corrected chi connectivity index (χ4v) is 3.30. The summed E-state index contributed by atoms with van der Waals surface area (Å²) < 4.78 is 31.6. The van der Waals surface area contributed by atoms with Gasteiger partial charge in [-0.05, 0) is 12.1 Å². The zero-order valence-corrected chi connectivity index (χ0v) is 13.8. The number of sulfonamides is 1. The summed E-state index contributed by atoms with van der Waals surface area (Å²) >= 11 is 0. The molecule has 1 fully saturated rings. The van der Waals surface area contributed by atoms with Gasteiger partial charge in [0.2, 0.25) is 15.9 Å². The molecule has 0 aliphatic carbocycles. The van der Waals surface area contributed by atoms with Crippen LogP contribution in [0, 0.1) is 0 Å². The van der Waals surface area contributed by atoms with Gasteiger partial charge < -0.3 is 10.1 Å². The van der Waals surface area contributed by atoms with Gasteiger partial charge in [-0.15, -0.1) is 0 Å². The van der Waals surface area contributed by atoms with Crippen LogP contribution in [-0.2, 0) is 19.6 Å². The molecule has 128 valence electrons. The van der Waals surface area contributed by atoms with Crippen LogP contribution in [0.25, 0.3) is 0 Å². The van der Waals surface area contributed by atoms with Crippen LogP contribution in [0.2, 0.25) is 0 Å². The standard InChI is InChI=1S/C15H23N3O4S/c19-15(16-8-9-18-10-12-22-13-11-18)6-7-17-23(20,21)14-4-2-1-3-5-14/h1-5,17H,6-13H2,(H,16,19). The first-order valence-corrected chi connectivity index (χ1v) is 9.18. The second-order valence-electron chi connectivity index (χ2n) is 5.26. The summed E-state index contributed by atoms with van der Waals surface area (Å²) in [7, 11) is -3.55. The summed E-state index contributed by atoms with van der Waals surface area (Å²) in [6.07, 6.45) is 0.120. The van der Waals surface area contributed by atoms with E-state index in [1.165, 1.54) is 12.1 Å². The molecule has 1 aliphatic heterocycles. The maximum Gasteiger partial charge on any atom is 0.240 e. The highest BCUT2D eigenvalue weighted by molar-refractivity contribution is 7.89. The van der Waals surface area contributed by atoms with Gasteiger partial charge in [-0.25, -0.2) is 13.1 Å². The number of carbonyl (C=O) groups excluding carboxylic acids is 1. The van der Waals surface area contributed by atoms with Crippen molar-refractivity contribution < 1.29 is 17.9 Å². The third kappa shape index (κ3) is 6.26. The zero-order valence-electron chi connectivity index (χ0n) is 13.0. The highest BCUT2D eigenvalue weighted by atomic mass is 32.2. The van der Waals surface area contributed by atoms with Gasteiger partial charge in [0.25, 0.3) is 0 Å². The van der Waals surface area contributed by atoms with Gasteiger partial charge in [-0.2, -0.15) is 0 Å². The quantitative estimate of drug-likeness (QED) is 0.684. The van der Waals surface area contributed by atoms with E-state index in [0.29, 0.717) is 6.54 Å². The molecule has 0 radical (unpaired) electrons. The number of carbonyl (C=O) groups is 1. The first kappa shape index (κ1) is 17.9. The number of amides is 1. The molecular weight excluding hydrogens is 318 g/mol. The molecule has 2 N–H and O–H groups in total. The Bertz CT molecular complexity index is 586. The second-order valence-corrected chi connectivity index (χ2v) is 7.03. The van der Waals surface area contributed by atoms with Gasteiger partial charge in [-0.3, -0.25) is 9.69 Å². The molecule has 2 rings (SSSR count). The Balaban J connectivity index is 1.62. The Labute approximate surface area is 137 Å². The maximum absolute atomic E-state index is 12.0.